The van der Waals surface area contributed by atoms with Gasteiger partial charge in [-0.1, -0.05) is 358 Å². The van der Waals surface area contributed by atoms with Gasteiger partial charge in [0.1, 0.15) is 0 Å². The van der Waals surface area contributed by atoms with Crippen LogP contribution < -0.4 is 0 Å². The molecule has 0 aliphatic rings. The first-order chi connectivity index (χ1) is 56.4. The number of hydrogen-bond acceptors (Lipinski definition) is 3. The first kappa shape index (κ1) is 101. The molecular formula is C114H159MoN6+. The molecule has 9 aromatic carbocycles. The van der Waals surface area contributed by atoms with E-state index in [2.05, 4.69) is 382 Å². The van der Waals surface area contributed by atoms with E-state index in [1.807, 2.05) is 0 Å². The van der Waals surface area contributed by atoms with E-state index < -0.39 is 0 Å². The minimum absolute atomic E-state index is 0. The quantitative estimate of drug-likeness (QED) is 0.0289. The van der Waals surface area contributed by atoms with Gasteiger partial charge in [-0.05, 0) is 311 Å². The van der Waals surface area contributed by atoms with Crippen molar-refractivity contribution >= 4 is 17.1 Å². The molecule has 0 saturated heterocycles. The second-order valence-corrected chi connectivity index (χ2v) is 41.0. The average Bonchev–Trinajstić information content (AvgIpc) is 0.767. The molecular weight excluding hydrogens is 1550 g/mol. The topological polar surface area (TPSA) is 93.1 Å². The minimum Gasteiger partial charge on any atom is -0.683 e. The van der Waals surface area contributed by atoms with Crippen molar-refractivity contribution in [2.45, 2.75) is 356 Å². The van der Waals surface area contributed by atoms with Crippen LogP contribution in [0.3, 0.4) is 0 Å². The van der Waals surface area contributed by atoms with Gasteiger partial charge in [-0.2, -0.15) is 0 Å². The van der Waals surface area contributed by atoms with E-state index >= 15 is 0 Å². The Morgan fingerprint density at radius 3 is 0.397 bits per heavy atom. The first-order valence-electron chi connectivity index (χ1n) is 46.9. The van der Waals surface area contributed by atoms with Crippen molar-refractivity contribution < 1.29 is 21.1 Å². The fourth-order valence-electron chi connectivity index (χ4n) is 18.0. The van der Waals surface area contributed by atoms with E-state index in [-0.39, 0.29) is 21.1 Å². The van der Waals surface area contributed by atoms with Gasteiger partial charge in [0.25, 0.3) is 0 Å². The number of hydrogen-bond donors (Lipinski definition) is 0. The van der Waals surface area contributed by atoms with Crippen molar-refractivity contribution in [2.24, 2.45) is 0 Å². The maximum absolute atomic E-state index is 6.00. The Hall–Kier alpha value is -7.55. The van der Waals surface area contributed by atoms with Crippen LogP contribution in [0.15, 0.2) is 127 Å². The average molecular weight is 1710 g/mol. The molecule has 0 heterocycles. The SMILES string of the molecule is CC(C)c1cc(C(C)C)c(-c2cc([N-]CCN(CC[N-]c3cc(-c4c(C(C)C)cc(C(C)C)cc4C(C)C)cc(-c4c(C(C)C)cc(C(C)C)cc4C(C)C)c3)CC[N-]c3cc(-c4c(C(C)C)cc(C(C)C)cc4C(C)C)cc(-c4c(C(C)C)cc(C(C)C)cc4C(C)C)c3)cc(-c3c(C(C)C)cc(C(C)C)cc3C(C)C)c2)c(C(C)C)c1.N#N.[Mo+4]. The van der Waals surface area contributed by atoms with Crippen molar-refractivity contribution in [3.05, 3.63) is 243 Å². The van der Waals surface area contributed by atoms with Crippen LogP contribution in [-0.4, -0.2) is 44.2 Å². The third-order valence-corrected chi connectivity index (χ3v) is 25.4. The molecule has 0 bridgehead atoms. The predicted molar refractivity (Wildman–Crippen MR) is 529 cm³/mol. The molecule has 0 fully saturated rings. The van der Waals surface area contributed by atoms with Gasteiger partial charge in [-0.25, -0.2) is 0 Å². The summed E-state index contributed by atoms with van der Waals surface area (Å²) in [5.41, 5.74) is 44.3. The fourth-order valence-corrected chi connectivity index (χ4v) is 18.0. The summed E-state index contributed by atoms with van der Waals surface area (Å²) in [6.07, 6.45) is 0. The van der Waals surface area contributed by atoms with Gasteiger partial charge in [0.15, 0.2) is 0 Å². The van der Waals surface area contributed by atoms with Crippen LogP contribution in [0.4, 0.5) is 17.1 Å². The Kier molecular flexibility index (Phi) is 36.4. The molecule has 121 heavy (non-hydrogen) atoms. The zero-order valence-electron chi connectivity index (χ0n) is 82.4. The second kappa shape index (κ2) is 43.9. The van der Waals surface area contributed by atoms with E-state index in [4.69, 9.17) is 26.7 Å². The van der Waals surface area contributed by atoms with Crippen LogP contribution in [0.5, 0.6) is 0 Å². The minimum atomic E-state index is 0. The standard InChI is InChI=1S/C114H159N4.Mo.N2/c1-64(2)82-52-97(70(13)14)109(98(53-82)71(15)16)88-43-89(110-99(72(17)18)54-83(65(3)4)55-100(110)73(19)20)47-94(46-88)115-37-40-118(41-38-116-95-48-90(111-101(74(21)22)56-84(66(5)6)57-102(111)75(23)24)44-91(49-95)112-103(76(25)26)58-85(67(7)8)59-104(112)77(27)28)42-39-117-96-50-92(113-105(78(29)30)60-86(68(9)10)61-106(113)79(31)32)45-93(51-96)114-107(80(33)34)62-87(69(11)12)63-108(114)81(35)36;;1-2/h43-81H,37-42H2,1-36H3;;/q-3;+4;. The largest absolute Gasteiger partial charge is 4.00 e. The van der Waals surface area contributed by atoms with Gasteiger partial charge < -0.3 is 20.9 Å². The van der Waals surface area contributed by atoms with Crippen molar-refractivity contribution in [3.8, 4) is 66.8 Å². The monoisotopic (exact) mass is 1710 g/mol. The third kappa shape index (κ3) is 24.1. The fraction of sp³-hybridized carbons (Fsp3) is 0.526. The molecule has 9 rings (SSSR count). The van der Waals surface area contributed by atoms with Gasteiger partial charge in [-0.3, -0.25) is 0 Å². The zero-order chi connectivity index (χ0) is 89.2. The van der Waals surface area contributed by atoms with E-state index in [0.717, 1.165) is 36.7 Å². The third-order valence-electron chi connectivity index (χ3n) is 25.4. The maximum atomic E-state index is 6.00. The summed E-state index contributed by atoms with van der Waals surface area (Å²) in [5.74, 6) is 6.31. The van der Waals surface area contributed by atoms with Gasteiger partial charge in [-0.15, -0.1) is 36.7 Å². The summed E-state index contributed by atoms with van der Waals surface area (Å²) >= 11 is 0. The van der Waals surface area contributed by atoms with Gasteiger partial charge in [0.05, 0.1) is 0 Å². The summed E-state index contributed by atoms with van der Waals surface area (Å²) in [6, 6.07) is 52.6. The maximum Gasteiger partial charge on any atom is 4.00 e. The molecule has 0 unspecified atom stereocenters. The van der Waals surface area contributed by atoms with Crippen molar-refractivity contribution in [2.75, 3.05) is 39.3 Å². The van der Waals surface area contributed by atoms with E-state index in [1.54, 1.807) is 0 Å². The second-order valence-electron chi connectivity index (χ2n) is 41.0. The molecule has 0 aliphatic heterocycles. The summed E-state index contributed by atoms with van der Waals surface area (Å²) in [5, 5.41) is 29.6. The van der Waals surface area contributed by atoms with Crippen LogP contribution in [0, 0.1) is 10.8 Å². The molecule has 6 nitrogen and oxygen atoms in total. The van der Waals surface area contributed by atoms with Gasteiger partial charge in [0.2, 0.25) is 0 Å². The molecule has 9 aromatic rings. The van der Waals surface area contributed by atoms with E-state index in [9.17, 15) is 0 Å². The van der Waals surface area contributed by atoms with E-state index in [1.165, 1.54) is 167 Å². The molecule has 0 amide bonds. The Labute approximate surface area is 753 Å². The van der Waals surface area contributed by atoms with Crippen LogP contribution in [-0.2, 0) is 21.1 Å². The van der Waals surface area contributed by atoms with Crippen LogP contribution in [0.2, 0.25) is 0 Å². The van der Waals surface area contributed by atoms with Crippen molar-refractivity contribution in [1.29, 1.82) is 10.8 Å². The van der Waals surface area contributed by atoms with Crippen LogP contribution in [0.1, 0.15) is 456 Å². The Morgan fingerprint density at radius 2 is 0.298 bits per heavy atom. The summed E-state index contributed by atoms with van der Waals surface area (Å²) in [4.78, 5) is 2.64. The van der Waals surface area contributed by atoms with Crippen molar-refractivity contribution in [1.82, 2.24) is 4.90 Å². The Balaban J connectivity index is 0.00000667. The molecule has 0 N–H and O–H groups in total. The normalized spacial score (nSPS) is 12.2. The summed E-state index contributed by atoms with van der Waals surface area (Å²) in [7, 11) is 0. The van der Waals surface area contributed by atoms with Crippen LogP contribution in [0.25, 0.3) is 82.7 Å². The Bertz CT molecular complexity index is 4010. The molecule has 0 spiro atoms. The van der Waals surface area contributed by atoms with E-state index in [0.29, 0.717) is 126 Å². The van der Waals surface area contributed by atoms with Gasteiger partial charge in [0, 0.05) is 10.8 Å². The number of nitrogens with zero attached hydrogens (tertiary/aromatic N) is 6. The van der Waals surface area contributed by atoms with Gasteiger partial charge >= 0.3 is 21.1 Å². The molecule has 650 valence electrons. The predicted octanol–water partition coefficient (Wildman–Crippen LogP) is 36.7. The first-order valence-corrected chi connectivity index (χ1v) is 46.9. The summed E-state index contributed by atoms with van der Waals surface area (Å²) < 4.78 is 0. The van der Waals surface area contributed by atoms with Crippen molar-refractivity contribution in [3.63, 3.8) is 0 Å². The number of rotatable bonds is 36. The molecule has 0 aromatic heterocycles. The summed E-state index contributed by atoms with van der Waals surface area (Å²) in [6.45, 7) is 89.5. The molecule has 0 radical (unpaired) electrons. The number of benzene rings is 9. The molecule has 7 heteroatoms. The Morgan fingerprint density at radius 1 is 0.182 bits per heavy atom. The smallest absolute Gasteiger partial charge is 0.683 e. The molecule has 0 aliphatic carbocycles. The van der Waals surface area contributed by atoms with Crippen LogP contribution >= 0.6 is 0 Å². The zero-order valence-corrected chi connectivity index (χ0v) is 84.4. The molecule has 0 saturated carbocycles. The molecule has 0 atom stereocenters.